The van der Waals surface area contributed by atoms with E-state index in [1.165, 1.54) is 42.5 Å². The molecule has 2 aromatic carbocycles. The zero-order valence-electron chi connectivity index (χ0n) is 13.9. The Morgan fingerprint density at radius 3 is 2.74 bits per heavy atom. The van der Waals surface area contributed by atoms with Gasteiger partial charge in [0.25, 0.3) is 5.69 Å². The quantitative estimate of drug-likeness (QED) is 0.397. The van der Waals surface area contributed by atoms with E-state index in [2.05, 4.69) is 10.3 Å². The molecule has 27 heavy (non-hydrogen) atoms. The van der Waals surface area contributed by atoms with E-state index in [0.29, 0.717) is 20.9 Å². The Bertz CT molecular complexity index is 1180. The summed E-state index contributed by atoms with van der Waals surface area (Å²) in [5.74, 6) is -0.455. The van der Waals surface area contributed by atoms with Gasteiger partial charge in [-0.25, -0.2) is 13.4 Å². The Morgan fingerprint density at radius 1 is 1.26 bits per heavy atom. The number of thiazole rings is 1. The minimum atomic E-state index is -3.32. The van der Waals surface area contributed by atoms with Crippen molar-refractivity contribution in [1.82, 2.24) is 4.98 Å². The largest absolute Gasteiger partial charge is 0.298 e. The van der Waals surface area contributed by atoms with Gasteiger partial charge in [0.15, 0.2) is 15.0 Å². The molecule has 0 saturated heterocycles. The molecule has 0 radical (unpaired) electrons. The number of sulfone groups is 1. The van der Waals surface area contributed by atoms with Crippen LogP contribution in [0, 0.1) is 10.1 Å². The third-order valence-corrected chi connectivity index (χ3v) is 5.57. The lowest BCUT2D eigenvalue weighted by Gasteiger charge is -1.96. The standard InChI is InChI=1S/C17H13N3O5S2/c1-27(24,25)13-6-7-14-15(10-13)26-17(18-14)19-16(21)8-5-11-3-2-4-12(9-11)20(22)23/h2-10H,1H3,(H,18,19,21). The molecular formula is C17H13N3O5S2. The fraction of sp³-hybridized carbons (Fsp3) is 0.0588. The molecule has 0 spiro atoms. The second-order valence-corrected chi connectivity index (χ2v) is 8.64. The number of nitrogens with zero attached hydrogens (tertiary/aromatic N) is 2. The van der Waals surface area contributed by atoms with Crippen molar-refractivity contribution in [2.24, 2.45) is 0 Å². The number of rotatable bonds is 5. The third-order valence-electron chi connectivity index (χ3n) is 3.53. The molecule has 8 nitrogen and oxygen atoms in total. The van der Waals surface area contributed by atoms with Gasteiger partial charge in [-0.15, -0.1) is 0 Å². The molecule has 1 N–H and O–H groups in total. The highest BCUT2D eigenvalue weighted by Crippen LogP contribution is 2.28. The van der Waals surface area contributed by atoms with Crippen molar-refractivity contribution in [2.75, 3.05) is 11.6 Å². The normalized spacial score (nSPS) is 11.7. The molecule has 0 bridgehead atoms. The first-order valence-electron chi connectivity index (χ1n) is 7.56. The number of nitro benzene ring substituents is 1. The van der Waals surface area contributed by atoms with Crippen molar-refractivity contribution in [1.29, 1.82) is 0 Å². The van der Waals surface area contributed by atoms with E-state index in [-0.39, 0.29) is 10.6 Å². The van der Waals surface area contributed by atoms with Crippen LogP contribution in [0.4, 0.5) is 10.8 Å². The molecule has 0 aliphatic heterocycles. The van der Waals surface area contributed by atoms with Crippen molar-refractivity contribution in [3.8, 4) is 0 Å². The lowest BCUT2D eigenvalue weighted by molar-refractivity contribution is -0.384. The molecule has 0 saturated carbocycles. The molecule has 1 aromatic heterocycles. The summed E-state index contributed by atoms with van der Waals surface area (Å²) >= 11 is 1.15. The van der Waals surface area contributed by atoms with Crippen molar-refractivity contribution in [2.45, 2.75) is 4.90 Å². The van der Waals surface area contributed by atoms with Crippen LogP contribution in [0.5, 0.6) is 0 Å². The Morgan fingerprint density at radius 2 is 2.04 bits per heavy atom. The van der Waals surface area contributed by atoms with Crippen molar-refractivity contribution in [3.05, 3.63) is 64.2 Å². The molecule has 138 valence electrons. The zero-order valence-corrected chi connectivity index (χ0v) is 15.6. The van der Waals surface area contributed by atoms with Gasteiger partial charge in [-0.05, 0) is 29.8 Å². The summed E-state index contributed by atoms with van der Waals surface area (Å²) in [5.41, 5.74) is 1.03. The number of carbonyl (C=O) groups excluding carboxylic acids is 1. The second kappa shape index (κ2) is 7.25. The number of aromatic nitrogens is 1. The Labute approximate surface area is 158 Å². The number of amides is 1. The summed E-state index contributed by atoms with van der Waals surface area (Å²) in [6.07, 6.45) is 3.82. The molecule has 0 aliphatic carbocycles. The molecule has 10 heteroatoms. The van der Waals surface area contributed by atoms with Crippen molar-refractivity contribution in [3.63, 3.8) is 0 Å². The van der Waals surface area contributed by atoms with E-state index in [0.717, 1.165) is 17.6 Å². The minimum Gasteiger partial charge on any atom is -0.298 e. The summed E-state index contributed by atoms with van der Waals surface area (Å²) in [4.78, 5) is 26.7. The summed E-state index contributed by atoms with van der Waals surface area (Å²) in [6.45, 7) is 0. The molecule has 0 aliphatic rings. The number of hydrogen-bond donors (Lipinski definition) is 1. The molecule has 3 rings (SSSR count). The van der Waals surface area contributed by atoms with Gasteiger partial charge in [0, 0.05) is 24.5 Å². The maximum Gasteiger partial charge on any atom is 0.270 e. The van der Waals surface area contributed by atoms with Crippen LogP contribution in [0.2, 0.25) is 0 Å². The Kier molecular flexibility index (Phi) is 5.02. The maximum atomic E-state index is 12.0. The highest BCUT2D eigenvalue weighted by atomic mass is 32.2. The van der Waals surface area contributed by atoms with Crippen LogP contribution in [0.25, 0.3) is 16.3 Å². The predicted molar refractivity (Wildman–Crippen MR) is 103 cm³/mol. The molecule has 0 fully saturated rings. The molecule has 1 amide bonds. The minimum absolute atomic E-state index is 0.0644. The van der Waals surface area contributed by atoms with Crippen LogP contribution in [0.15, 0.2) is 53.4 Å². The second-order valence-electron chi connectivity index (χ2n) is 5.60. The highest BCUT2D eigenvalue weighted by molar-refractivity contribution is 7.90. The lowest BCUT2D eigenvalue weighted by atomic mass is 10.2. The maximum absolute atomic E-state index is 12.0. The summed E-state index contributed by atoms with van der Waals surface area (Å²) in [6, 6.07) is 10.4. The molecular weight excluding hydrogens is 390 g/mol. The van der Waals surface area contributed by atoms with E-state index in [1.807, 2.05) is 0 Å². The molecule has 0 unspecified atom stereocenters. The summed E-state index contributed by atoms with van der Waals surface area (Å²) in [7, 11) is -3.32. The Hall–Kier alpha value is -3.11. The van der Waals surface area contributed by atoms with E-state index >= 15 is 0 Å². The van der Waals surface area contributed by atoms with Crippen LogP contribution in [0.1, 0.15) is 5.56 Å². The topological polar surface area (TPSA) is 119 Å². The van der Waals surface area contributed by atoms with Gasteiger partial charge in [0.1, 0.15) is 0 Å². The summed E-state index contributed by atoms with van der Waals surface area (Å²) in [5, 5.41) is 13.7. The smallest absolute Gasteiger partial charge is 0.270 e. The number of anilines is 1. The van der Waals surface area contributed by atoms with E-state index in [1.54, 1.807) is 12.1 Å². The monoisotopic (exact) mass is 403 g/mol. The lowest BCUT2D eigenvalue weighted by Crippen LogP contribution is -2.07. The average Bonchev–Trinajstić information content (AvgIpc) is 3.00. The number of benzene rings is 2. The van der Waals surface area contributed by atoms with Gasteiger partial charge in [-0.1, -0.05) is 23.5 Å². The third kappa shape index (κ3) is 4.54. The van der Waals surface area contributed by atoms with Crippen LogP contribution in [-0.2, 0) is 14.6 Å². The van der Waals surface area contributed by atoms with E-state index in [9.17, 15) is 23.3 Å². The summed E-state index contributed by atoms with van der Waals surface area (Å²) < 4.78 is 23.9. The van der Waals surface area contributed by atoms with Gasteiger partial charge in [0.05, 0.1) is 20.0 Å². The first-order chi connectivity index (χ1) is 12.7. The SMILES string of the molecule is CS(=O)(=O)c1ccc2nc(NC(=O)C=Cc3cccc([N+](=O)[O-])c3)sc2c1. The molecule has 3 aromatic rings. The van der Waals surface area contributed by atoms with Gasteiger partial charge in [-0.3, -0.25) is 20.2 Å². The predicted octanol–water partition coefficient (Wildman–Crippen LogP) is 3.26. The number of fused-ring (bicyclic) bond motifs is 1. The van der Waals surface area contributed by atoms with Gasteiger partial charge in [0.2, 0.25) is 5.91 Å². The fourth-order valence-corrected chi connectivity index (χ4v) is 3.88. The van der Waals surface area contributed by atoms with Crippen molar-refractivity contribution < 1.29 is 18.1 Å². The van der Waals surface area contributed by atoms with E-state index in [4.69, 9.17) is 0 Å². The Balaban J connectivity index is 1.76. The van der Waals surface area contributed by atoms with Crippen molar-refractivity contribution >= 4 is 54.2 Å². The number of nitro groups is 1. The number of nitrogens with one attached hydrogen (secondary N) is 1. The number of carbonyl (C=O) groups is 1. The number of non-ortho nitro benzene ring substituents is 1. The van der Waals surface area contributed by atoms with E-state index < -0.39 is 20.7 Å². The van der Waals surface area contributed by atoms with Gasteiger partial charge >= 0.3 is 0 Å². The fourth-order valence-electron chi connectivity index (χ4n) is 2.25. The molecule has 0 atom stereocenters. The zero-order chi connectivity index (χ0) is 19.6. The number of hydrogen-bond acceptors (Lipinski definition) is 7. The van der Waals surface area contributed by atoms with Gasteiger partial charge in [-0.2, -0.15) is 0 Å². The first kappa shape index (κ1) is 18.7. The average molecular weight is 403 g/mol. The van der Waals surface area contributed by atoms with Crippen LogP contribution < -0.4 is 5.32 Å². The van der Waals surface area contributed by atoms with Gasteiger partial charge < -0.3 is 0 Å². The van der Waals surface area contributed by atoms with Crippen LogP contribution in [-0.4, -0.2) is 30.5 Å². The molecule has 1 heterocycles. The van der Waals surface area contributed by atoms with Crippen LogP contribution in [0.3, 0.4) is 0 Å². The highest BCUT2D eigenvalue weighted by Gasteiger charge is 2.11. The first-order valence-corrected chi connectivity index (χ1v) is 10.3. The van der Waals surface area contributed by atoms with Crippen LogP contribution >= 0.6 is 11.3 Å².